The summed E-state index contributed by atoms with van der Waals surface area (Å²) >= 11 is 0. The molecule has 0 fully saturated rings. The first kappa shape index (κ1) is 15.6. The summed E-state index contributed by atoms with van der Waals surface area (Å²) in [5.41, 5.74) is -5.05. The molecule has 110 valence electrons. The van der Waals surface area contributed by atoms with Crippen molar-refractivity contribution in [3.63, 3.8) is 0 Å². The van der Waals surface area contributed by atoms with Crippen LogP contribution in [0.1, 0.15) is 11.3 Å². The predicted octanol–water partition coefficient (Wildman–Crippen LogP) is 3.72. The Hall–Kier alpha value is -1.49. The summed E-state index contributed by atoms with van der Waals surface area (Å²) in [4.78, 5) is 0. The van der Waals surface area contributed by atoms with Crippen LogP contribution in [0, 0.1) is 0 Å². The Kier molecular flexibility index (Phi) is 3.28. The molecule has 19 heavy (non-hydrogen) atoms. The first-order chi connectivity index (χ1) is 8.23. The van der Waals surface area contributed by atoms with E-state index in [-0.39, 0.29) is 6.20 Å². The maximum Gasteiger partial charge on any atom is 0.460 e. The average molecular weight is 304 g/mol. The second kappa shape index (κ2) is 4.00. The van der Waals surface area contributed by atoms with Gasteiger partial charge in [0.2, 0.25) is 0 Å². The summed E-state index contributed by atoms with van der Waals surface area (Å²) < 4.78 is 123. The Morgan fingerprint density at radius 3 is 1.68 bits per heavy atom. The van der Waals surface area contributed by atoms with Crippen LogP contribution < -0.4 is 0 Å². The fourth-order valence-electron chi connectivity index (χ4n) is 1.08. The molecule has 0 bridgehead atoms. The molecule has 12 heteroatoms. The van der Waals surface area contributed by atoms with E-state index in [1.54, 1.807) is 0 Å². The third-order valence-electron chi connectivity index (χ3n) is 2.01. The molecule has 2 nitrogen and oxygen atoms in total. The summed E-state index contributed by atoms with van der Waals surface area (Å²) in [7, 11) is 0. The van der Waals surface area contributed by atoms with Crippen LogP contribution in [-0.2, 0) is 12.1 Å². The molecule has 0 saturated heterocycles. The fraction of sp³-hybridized carbons (Fsp3) is 0.571. The van der Waals surface area contributed by atoms with E-state index in [4.69, 9.17) is 0 Å². The van der Waals surface area contributed by atoms with Gasteiger partial charge in [-0.15, -0.1) is 0 Å². The van der Waals surface area contributed by atoms with Crippen LogP contribution in [0.25, 0.3) is 0 Å². The summed E-state index contributed by atoms with van der Waals surface area (Å²) in [5, 5.41) is 3.26. The van der Waals surface area contributed by atoms with Gasteiger partial charge in [0.1, 0.15) is 11.3 Å². The number of rotatable bonds is 2. The van der Waals surface area contributed by atoms with E-state index in [1.807, 2.05) is 0 Å². The second-order valence-corrected chi connectivity index (χ2v) is 3.30. The summed E-state index contributed by atoms with van der Waals surface area (Å²) in [6, 6.07) is 0. The molecule has 1 N–H and O–H groups in total. The number of alkyl halides is 10. The normalized spacial score (nSPS) is 14.8. The topological polar surface area (TPSA) is 28.7 Å². The fourth-order valence-corrected chi connectivity index (χ4v) is 1.08. The number of halogens is 10. The predicted molar refractivity (Wildman–Crippen MR) is 38.5 cm³/mol. The number of hydrogen-bond donors (Lipinski definition) is 1. The summed E-state index contributed by atoms with van der Waals surface area (Å²) in [5.74, 6) is -12.8. The molecule has 0 saturated carbocycles. The zero-order valence-electron chi connectivity index (χ0n) is 8.30. The van der Waals surface area contributed by atoms with Gasteiger partial charge in [0.15, 0.2) is 0 Å². The number of aromatic nitrogens is 2. The highest BCUT2D eigenvalue weighted by molar-refractivity contribution is 5.26. The van der Waals surface area contributed by atoms with Gasteiger partial charge in [0.25, 0.3) is 0 Å². The zero-order valence-corrected chi connectivity index (χ0v) is 8.30. The molecular weight excluding hydrogens is 302 g/mol. The average Bonchev–Trinajstić information content (AvgIpc) is 2.62. The van der Waals surface area contributed by atoms with Gasteiger partial charge in [-0.3, -0.25) is 5.10 Å². The van der Waals surface area contributed by atoms with Gasteiger partial charge < -0.3 is 0 Å². The Morgan fingerprint density at radius 1 is 0.842 bits per heavy atom. The van der Waals surface area contributed by atoms with Gasteiger partial charge in [-0.25, -0.2) is 0 Å². The molecule has 0 atom stereocenters. The van der Waals surface area contributed by atoms with Crippen molar-refractivity contribution in [3.8, 4) is 0 Å². The number of aromatic amines is 1. The van der Waals surface area contributed by atoms with Gasteiger partial charge >= 0.3 is 24.2 Å². The lowest BCUT2D eigenvalue weighted by Crippen LogP contribution is -2.50. The van der Waals surface area contributed by atoms with Crippen molar-refractivity contribution in [2.45, 2.75) is 24.2 Å². The molecule has 0 aliphatic carbocycles. The van der Waals surface area contributed by atoms with Crippen molar-refractivity contribution < 1.29 is 43.9 Å². The van der Waals surface area contributed by atoms with Crippen LogP contribution in [0.15, 0.2) is 6.20 Å². The van der Waals surface area contributed by atoms with Crippen LogP contribution in [-0.4, -0.2) is 22.3 Å². The van der Waals surface area contributed by atoms with Crippen molar-refractivity contribution in [1.29, 1.82) is 0 Å². The van der Waals surface area contributed by atoms with E-state index < -0.39 is 35.5 Å². The molecule has 1 aromatic rings. The molecule has 1 aromatic heterocycles. The maximum atomic E-state index is 13.0. The number of nitrogens with zero attached hydrogens (tertiary/aromatic N) is 1. The van der Waals surface area contributed by atoms with Gasteiger partial charge in [-0.2, -0.15) is 49.0 Å². The van der Waals surface area contributed by atoms with E-state index in [2.05, 4.69) is 5.10 Å². The van der Waals surface area contributed by atoms with E-state index in [0.29, 0.717) is 0 Å². The minimum absolute atomic E-state index is 0.310. The molecule has 0 aliphatic rings. The lowest BCUT2D eigenvalue weighted by Gasteiger charge is -2.28. The lowest BCUT2D eigenvalue weighted by molar-refractivity contribution is -0.361. The highest BCUT2D eigenvalue weighted by Crippen LogP contribution is 2.53. The lowest BCUT2D eigenvalue weighted by atomic mass is 10.0. The van der Waals surface area contributed by atoms with Gasteiger partial charge in [0.05, 0.1) is 6.20 Å². The zero-order chi connectivity index (χ0) is 15.3. The quantitative estimate of drug-likeness (QED) is 0.829. The summed E-state index contributed by atoms with van der Waals surface area (Å²) in [6.07, 6.45) is -12.6. The largest absolute Gasteiger partial charge is 0.460 e. The first-order valence-electron chi connectivity index (χ1n) is 4.16. The third-order valence-corrected chi connectivity index (χ3v) is 2.01. The van der Waals surface area contributed by atoms with Crippen LogP contribution >= 0.6 is 0 Å². The minimum Gasteiger partial charge on any atom is -0.276 e. The van der Waals surface area contributed by atoms with Crippen LogP contribution in [0.2, 0.25) is 0 Å². The number of nitrogens with one attached hydrogen (secondary N) is 1. The van der Waals surface area contributed by atoms with Crippen molar-refractivity contribution >= 4 is 0 Å². The maximum absolute atomic E-state index is 13.0. The molecule has 0 spiro atoms. The minimum atomic E-state index is -6.73. The highest BCUT2D eigenvalue weighted by atomic mass is 19.4. The molecule has 0 radical (unpaired) electrons. The van der Waals surface area contributed by atoms with Crippen molar-refractivity contribution in [2.75, 3.05) is 0 Å². The first-order valence-corrected chi connectivity index (χ1v) is 4.16. The highest BCUT2D eigenvalue weighted by Gasteiger charge is 2.75. The Bertz CT molecular complexity index is 453. The Labute approximate surface area is 96.9 Å². The van der Waals surface area contributed by atoms with Crippen molar-refractivity contribution in [3.05, 3.63) is 17.5 Å². The van der Waals surface area contributed by atoms with Gasteiger partial charge in [0, 0.05) is 0 Å². The number of hydrogen-bond acceptors (Lipinski definition) is 1. The van der Waals surface area contributed by atoms with Gasteiger partial charge in [-0.05, 0) is 0 Å². The van der Waals surface area contributed by atoms with Crippen molar-refractivity contribution in [2.24, 2.45) is 0 Å². The van der Waals surface area contributed by atoms with Crippen LogP contribution in [0.5, 0.6) is 0 Å². The molecule has 0 aromatic carbocycles. The van der Waals surface area contributed by atoms with E-state index in [1.165, 1.54) is 0 Å². The SMILES string of the molecule is FC(F)(F)c1cn[nH]c1C(F)(F)C(F)(F)C(F)(F)F. The van der Waals surface area contributed by atoms with Crippen LogP contribution in [0.3, 0.4) is 0 Å². The molecule has 0 aliphatic heterocycles. The Morgan fingerprint density at radius 2 is 1.32 bits per heavy atom. The monoisotopic (exact) mass is 304 g/mol. The third kappa shape index (κ3) is 2.34. The molecule has 0 amide bonds. The second-order valence-electron chi connectivity index (χ2n) is 3.30. The van der Waals surface area contributed by atoms with E-state index in [9.17, 15) is 43.9 Å². The number of H-pyrrole nitrogens is 1. The molecule has 0 unspecified atom stereocenters. The molecule has 1 rings (SSSR count). The summed E-state index contributed by atoms with van der Waals surface area (Å²) in [6.45, 7) is 0. The Balaban J connectivity index is 3.41. The van der Waals surface area contributed by atoms with E-state index >= 15 is 0 Å². The molecule has 1 heterocycles. The molecular formula is C7H2F10N2. The van der Waals surface area contributed by atoms with E-state index in [0.717, 1.165) is 5.10 Å². The van der Waals surface area contributed by atoms with Gasteiger partial charge in [-0.1, -0.05) is 0 Å². The smallest absolute Gasteiger partial charge is 0.276 e. The van der Waals surface area contributed by atoms with Crippen molar-refractivity contribution in [1.82, 2.24) is 10.2 Å². The van der Waals surface area contributed by atoms with Crippen LogP contribution in [0.4, 0.5) is 43.9 Å². The standard InChI is InChI=1S/C7H2F10N2/c8-4(9,6(13,14)7(15,16)17)3-2(1-18-19-3)5(10,11)12/h1H,(H,18,19).